The third-order valence-corrected chi connectivity index (χ3v) is 2.91. The van der Waals surface area contributed by atoms with Crippen molar-refractivity contribution in [1.29, 1.82) is 0 Å². The average molecular weight is 253 g/mol. The maximum Gasteiger partial charge on any atom is 0.249 e. The van der Waals surface area contributed by atoms with Crippen molar-refractivity contribution in [3.8, 4) is 0 Å². The highest BCUT2D eigenvalue weighted by molar-refractivity contribution is 5.77. The number of likely N-dealkylation sites (N-methyl/N-ethyl adjacent to an activating group) is 1. The smallest absolute Gasteiger partial charge is 0.249 e. The third kappa shape index (κ3) is 3.81. The lowest BCUT2D eigenvalue weighted by Crippen LogP contribution is -2.36. The maximum atomic E-state index is 12.9. The predicted molar refractivity (Wildman–Crippen MR) is 68.7 cm³/mol. The van der Waals surface area contributed by atoms with Gasteiger partial charge in [0.15, 0.2) is 0 Å². The summed E-state index contributed by atoms with van der Waals surface area (Å²) in [6, 6.07) is 6.15. The molecule has 0 heterocycles. The van der Waals surface area contributed by atoms with Crippen molar-refractivity contribution in [2.24, 2.45) is 0 Å². The minimum absolute atomic E-state index is 0.0452. The zero-order chi connectivity index (χ0) is 13.5. The number of benzene rings is 1. The summed E-state index contributed by atoms with van der Waals surface area (Å²) >= 11 is 0. The molecule has 0 radical (unpaired) electrons. The molecular weight excluding hydrogens is 233 g/mol. The highest BCUT2D eigenvalue weighted by Gasteiger charge is 2.19. The first kappa shape index (κ1) is 14.6. The van der Waals surface area contributed by atoms with Gasteiger partial charge in [0.2, 0.25) is 5.91 Å². The van der Waals surface area contributed by atoms with Crippen LogP contribution in [0.3, 0.4) is 0 Å². The number of amides is 1. The molecule has 1 rings (SSSR count). The molecule has 0 aliphatic carbocycles. The molecule has 1 amide bonds. The van der Waals surface area contributed by atoms with Gasteiger partial charge >= 0.3 is 0 Å². The molecule has 0 N–H and O–H groups in total. The van der Waals surface area contributed by atoms with Crippen molar-refractivity contribution >= 4 is 5.91 Å². The van der Waals surface area contributed by atoms with E-state index in [9.17, 15) is 9.18 Å². The van der Waals surface area contributed by atoms with Gasteiger partial charge in [-0.05, 0) is 38.5 Å². The molecular formula is C14H20FNO2. The second kappa shape index (κ2) is 7.11. The van der Waals surface area contributed by atoms with Crippen LogP contribution in [0.15, 0.2) is 24.3 Å². The maximum absolute atomic E-state index is 12.9. The second-order valence-electron chi connectivity index (χ2n) is 4.04. The lowest BCUT2D eigenvalue weighted by Gasteiger charge is -2.28. The largest absolute Gasteiger partial charge is 0.372 e. The topological polar surface area (TPSA) is 29.5 Å². The quantitative estimate of drug-likeness (QED) is 0.780. The van der Waals surface area contributed by atoms with E-state index < -0.39 is 0 Å². The molecule has 1 aromatic carbocycles. The van der Waals surface area contributed by atoms with E-state index in [1.165, 1.54) is 12.1 Å². The van der Waals surface area contributed by atoms with Gasteiger partial charge in [0.05, 0.1) is 6.04 Å². The number of carbonyl (C=O) groups is 1. The van der Waals surface area contributed by atoms with Crippen molar-refractivity contribution in [2.45, 2.75) is 26.8 Å². The Balaban J connectivity index is 2.75. The molecule has 4 heteroatoms. The van der Waals surface area contributed by atoms with E-state index in [1.54, 1.807) is 17.0 Å². The fourth-order valence-electron chi connectivity index (χ4n) is 1.86. The van der Waals surface area contributed by atoms with Crippen LogP contribution in [0.2, 0.25) is 0 Å². The summed E-state index contributed by atoms with van der Waals surface area (Å²) in [7, 11) is 0. The first-order chi connectivity index (χ1) is 8.60. The van der Waals surface area contributed by atoms with E-state index in [2.05, 4.69) is 0 Å². The molecule has 0 aliphatic rings. The van der Waals surface area contributed by atoms with Crippen molar-refractivity contribution in [3.63, 3.8) is 0 Å². The van der Waals surface area contributed by atoms with E-state index in [0.717, 1.165) is 5.56 Å². The van der Waals surface area contributed by atoms with E-state index in [4.69, 9.17) is 4.74 Å². The summed E-state index contributed by atoms with van der Waals surface area (Å²) in [4.78, 5) is 13.7. The average Bonchev–Trinajstić information content (AvgIpc) is 2.37. The van der Waals surface area contributed by atoms with Crippen LogP contribution in [0, 0.1) is 5.82 Å². The van der Waals surface area contributed by atoms with Crippen LogP contribution in [0.5, 0.6) is 0 Å². The van der Waals surface area contributed by atoms with Gasteiger partial charge < -0.3 is 9.64 Å². The molecule has 0 spiro atoms. The molecule has 0 aromatic heterocycles. The Morgan fingerprint density at radius 3 is 2.44 bits per heavy atom. The van der Waals surface area contributed by atoms with Gasteiger partial charge in [0, 0.05) is 13.2 Å². The number of hydrogen-bond donors (Lipinski definition) is 0. The molecule has 0 saturated carbocycles. The standard InChI is InChI=1S/C14H20FNO2/c1-4-16(14(17)10-18-5-2)11(3)12-6-8-13(15)9-7-12/h6-9,11H,4-5,10H2,1-3H3. The fourth-order valence-corrected chi connectivity index (χ4v) is 1.86. The summed E-state index contributed by atoms with van der Waals surface area (Å²) in [5.41, 5.74) is 0.920. The highest BCUT2D eigenvalue weighted by atomic mass is 19.1. The van der Waals surface area contributed by atoms with Crippen molar-refractivity contribution in [2.75, 3.05) is 19.8 Å². The van der Waals surface area contributed by atoms with Crippen LogP contribution < -0.4 is 0 Å². The van der Waals surface area contributed by atoms with Crippen molar-refractivity contribution in [3.05, 3.63) is 35.6 Å². The van der Waals surface area contributed by atoms with Crippen LogP contribution >= 0.6 is 0 Å². The van der Waals surface area contributed by atoms with E-state index >= 15 is 0 Å². The van der Waals surface area contributed by atoms with Crippen LogP contribution in [-0.2, 0) is 9.53 Å². The fraction of sp³-hybridized carbons (Fsp3) is 0.500. The monoisotopic (exact) mass is 253 g/mol. The van der Waals surface area contributed by atoms with Gasteiger partial charge in [0.25, 0.3) is 0 Å². The van der Waals surface area contributed by atoms with Gasteiger partial charge in [-0.25, -0.2) is 4.39 Å². The lowest BCUT2D eigenvalue weighted by atomic mass is 10.1. The summed E-state index contributed by atoms with van der Waals surface area (Å²) in [6.45, 7) is 6.92. The third-order valence-electron chi connectivity index (χ3n) is 2.91. The number of halogens is 1. The Labute approximate surface area is 108 Å². The van der Waals surface area contributed by atoms with E-state index in [0.29, 0.717) is 13.2 Å². The minimum Gasteiger partial charge on any atom is -0.372 e. The summed E-state index contributed by atoms with van der Waals surface area (Å²) in [5, 5.41) is 0. The van der Waals surface area contributed by atoms with Crippen LogP contribution in [0.4, 0.5) is 4.39 Å². The number of hydrogen-bond acceptors (Lipinski definition) is 2. The summed E-state index contributed by atoms with van der Waals surface area (Å²) in [6.07, 6.45) is 0. The number of nitrogens with zero attached hydrogens (tertiary/aromatic N) is 1. The molecule has 3 nitrogen and oxygen atoms in total. The number of carbonyl (C=O) groups excluding carboxylic acids is 1. The Kier molecular flexibility index (Phi) is 5.78. The van der Waals surface area contributed by atoms with Crippen molar-refractivity contribution in [1.82, 2.24) is 4.90 Å². The van der Waals surface area contributed by atoms with Gasteiger partial charge in [-0.2, -0.15) is 0 Å². The van der Waals surface area contributed by atoms with E-state index in [-0.39, 0.29) is 24.4 Å². The molecule has 100 valence electrons. The number of rotatable bonds is 6. The van der Waals surface area contributed by atoms with Gasteiger partial charge in [0.1, 0.15) is 12.4 Å². The Morgan fingerprint density at radius 1 is 1.33 bits per heavy atom. The molecule has 0 bridgehead atoms. The van der Waals surface area contributed by atoms with Crippen LogP contribution in [-0.4, -0.2) is 30.6 Å². The predicted octanol–water partition coefficient (Wildman–Crippen LogP) is 2.77. The highest BCUT2D eigenvalue weighted by Crippen LogP contribution is 2.20. The molecule has 0 aliphatic heterocycles. The summed E-state index contributed by atoms with van der Waals surface area (Å²) < 4.78 is 18.0. The van der Waals surface area contributed by atoms with Gasteiger partial charge in [-0.15, -0.1) is 0 Å². The Morgan fingerprint density at radius 2 is 1.94 bits per heavy atom. The van der Waals surface area contributed by atoms with Gasteiger partial charge in [-0.1, -0.05) is 12.1 Å². The molecule has 1 unspecified atom stereocenters. The molecule has 1 atom stereocenters. The van der Waals surface area contributed by atoms with Gasteiger partial charge in [-0.3, -0.25) is 4.79 Å². The SMILES string of the molecule is CCOCC(=O)N(CC)C(C)c1ccc(F)cc1. The summed E-state index contributed by atoms with van der Waals surface area (Å²) in [5.74, 6) is -0.314. The first-order valence-electron chi connectivity index (χ1n) is 6.22. The molecule has 1 aromatic rings. The zero-order valence-corrected chi connectivity index (χ0v) is 11.1. The van der Waals surface area contributed by atoms with Crippen LogP contribution in [0.1, 0.15) is 32.4 Å². The van der Waals surface area contributed by atoms with Crippen molar-refractivity contribution < 1.29 is 13.9 Å². The molecule has 0 saturated heterocycles. The minimum atomic E-state index is -0.269. The van der Waals surface area contributed by atoms with Crippen LogP contribution in [0.25, 0.3) is 0 Å². The lowest BCUT2D eigenvalue weighted by molar-refractivity contribution is -0.137. The second-order valence-corrected chi connectivity index (χ2v) is 4.04. The Hall–Kier alpha value is -1.42. The molecule has 18 heavy (non-hydrogen) atoms. The normalized spacial score (nSPS) is 12.2. The first-order valence-corrected chi connectivity index (χ1v) is 6.22. The Bertz CT molecular complexity index is 378. The number of ether oxygens (including phenoxy) is 1. The van der Waals surface area contributed by atoms with E-state index in [1.807, 2.05) is 20.8 Å². The molecule has 0 fully saturated rings. The zero-order valence-electron chi connectivity index (χ0n) is 11.1.